The third-order valence-corrected chi connectivity index (χ3v) is 7.72. The van der Waals surface area contributed by atoms with Gasteiger partial charge in [0.25, 0.3) is 0 Å². The van der Waals surface area contributed by atoms with Gasteiger partial charge in [-0.3, -0.25) is 0 Å². The van der Waals surface area contributed by atoms with Gasteiger partial charge in [-0.15, -0.1) is 0 Å². The van der Waals surface area contributed by atoms with Gasteiger partial charge in [-0.1, -0.05) is 0 Å². The summed E-state index contributed by atoms with van der Waals surface area (Å²) in [6.07, 6.45) is 4.83. The number of aromatic nitrogens is 2. The van der Waals surface area contributed by atoms with Crippen LogP contribution in [0.15, 0.2) is 8.95 Å². The molecule has 0 N–H and O–H groups in total. The van der Waals surface area contributed by atoms with Crippen LogP contribution in [0, 0.1) is 6.92 Å². The molecule has 1 aromatic heterocycles. The van der Waals surface area contributed by atoms with Crippen molar-refractivity contribution in [2.75, 3.05) is 20.1 Å². The predicted octanol–water partition coefficient (Wildman–Crippen LogP) is 4.63. The monoisotopic (exact) mass is 425 g/mol. The van der Waals surface area contributed by atoms with Gasteiger partial charge in [0.1, 0.15) is 5.82 Å². The second kappa shape index (κ2) is 5.60. The van der Waals surface area contributed by atoms with Crippen molar-refractivity contribution in [1.29, 1.82) is 0 Å². The molecule has 3 nitrogen and oxygen atoms in total. The highest BCUT2D eigenvalue weighted by molar-refractivity contribution is 9.13. The number of benzene rings is 1. The number of hydrogen-bond donors (Lipinski definition) is 0. The highest BCUT2D eigenvalue weighted by Crippen LogP contribution is 2.42. The van der Waals surface area contributed by atoms with Gasteiger partial charge < -0.3 is 9.47 Å². The van der Waals surface area contributed by atoms with Crippen molar-refractivity contribution in [1.82, 2.24) is 14.5 Å². The summed E-state index contributed by atoms with van der Waals surface area (Å²) < 4.78 is 4.93. The third-order valence-electron chi connectivity index (χ3n) is 5.32. The zero-order valence-electron chi connectivity index (χ0n) is 13.1. The fraction of sp³-hybridized carbons (Fsp3) is 0.588. The Morgan fingerprint density at radius 1 is 1.09 bits per heavy atom. The van der Waals surface area contributed by atoms with Crippen LogP contribution in [0.1, 0.15) is 42.1 Å². The van der Waals surface area contributed by atoms with Gasteiger partial charge in [0.05, 0.1) is 11.0 Å². The zero-order valence-corrected chi connectivity index (χ0v) is 16.3. The first-order valence-electron chi connectivity index (χ1n) is 8.13. The van der Waals surface area contributed by atoms with Crippen LogP contribution >= 0.6 is 31.9 Å². The summed E-state index contributed by atoms with van der Waals surface area (Å²) in [6, 6.07) is 0. The predicted molar refractivity (Wildman–Crippen MR) is 97.7 cm³/mol. The SMILES string of the molecule is Cc1c(Br)c(Br)c2c3c1nc(C1CCN(C)CC1)n3CCC2. The van der Waals surface area contributed by atoms with Crippen LogP contribution in [0.2, 0.25) is 0 Å². The van der Waals surface area contributed by atoms with Crippen molar-refractivity contribution < 1.29 is 0 Å². The Labute approximate surface area is 148 Å². The van der Waals surface area contributed by atoms with E-state index in [-0.39, 0.29) is 0 Å². The standard InChI is InChI=1S/C17H21Br2N3/c1-10-13(18)14(19)12-4-3-7-22-16(12)15(10)20-17(22)11-5-8-21(2)9-6-11/h11H,3-9H2,1-2H3. The number of rotatable bonds is 1. The number of imidazole rings is 1. The molecule has 0 atom stereocenters. The molecule has 22 heavy (non-hydrogen) atoms. The molecule has 1 aromatic carbocycles. The lowest BCUT2D eigenvalue weighted by Crippen LogP contribution is -2.30. The number of halogens is 2. The molecule has 0 aliphatic carbocycles. The van der Waals surface area contributed by atoms with Crippen molar-refractivity contribution in [3.8, 4) is 0 Å². The first-order chi connectivity index (χ1) is 10.6. The lowest BCUT2D eigenvalue weighted by atomic mass is 9.96. The highest BCUT2D eigenvalue weighted by atomic mass is 79.9. The molecule has 0 radical (unpaired) electrons. The maximum Gasteiger partial charge on any atom is 0.113 e. The molecule has 0 saturated carbocycles. The largest absolute Gasteiger partial charge is 0.327 e. The van der Waals surface area contributed by atoms with E-state index in [4.69, 9.17) is 4.98 Å². The molecule has 2 aliphatic heterocycles. The van der Waals surface area contributed by atoms with Crippen molar-refractivity contribution in [2.24, 2.45) is 0 Å². The first-order valence-corrected chi connectivity index (χ1v) is 9.71. The van der Waals surface area contributed by atoms with E-state index >= 15 is 0 Å². The second-order valence-electron chi connectivity index (χ2n) is 6.73. The minimum atomic E-state index is 0.617. The molecule has 0 spiro atoms. The van der Waals surface area contributed by atoms with E-state index < -0.39 is 0 Å². The third kappa shape index (κ3) is 2.20. The number of likely N-dealkylation sites (tertiary alicyclic amines) is 1. The zero-order chi connectivity index (χ0) is 15.4. The maximum atomic E-state index is 5.13. The summed E-state index contributed by atoms with van der Waals surface area (Å²) in [5.74, 6) is 1.95. The summed E-state index contributed by atoms with van der Waals surface area (Å²) in [6.45, 7) is 5.68. The molecule has 4 rings (SSSR count). The Bertz CT molecular complexity index is 742. The number of nitrogens with zero attached hydrogens (tertiary/aromatic N) is 3. The Kier molecular flexibility index (Phi) is 3.86. The van der Waals surface area contributed by atoms with E-state index in [1.165, 1.54) is 69.3 Å². The van der Waals surface area contributed by atoms with Crippen LogP contribution in [0.3, 0.4) is 0 Å². The summed E-state index contributed by atoms with van der Waals surface area (Å²) in [5.41, 5.74) is 5.29. The van der Waals surface area contributed by atoms with Crippen LogP contribution in [0.4, 0.5) is 0 Å². The van der Waals surface area contributed by atoms with E-state index in [0.717, 1.165) is 13.0 Å². The second-order valence-corrected chi connectivity index (χ2v) is 8.32. The lowest BCUT2D eigenvalue weighted by Gasteiger charge is -2.29. The average Bonchev–Trinajstić information content (AvgIpc) is 2.92. The van der Waals surface area contributed by atoms with Gasteiger partial charge in [0, 0.05) is 21.4 Å². The molecule has 0 unspecified atom stereocenters. The smallest absolute Gasteiger partial charge is 0.113 e. The van der Waals surface area contributed by atoms with Gasteiger partial charge in [0.2, 0.25) is 0 Å². The molecule has 2 aliphatic rings. The molecular formula is C17H21Br2N3. The molecule has 3 heterocycles. The van der Waals surface area contributed by atoms with Crippen LogP contribution in [-0.2, 0) is 13.0 Å². The van der Waals surface area contributed by atoms with Gasteiger partial charge in [-0.2, -0.15) is 0 Å². The van der Waals surface area contributed by atoms with Crippen LogP contribution in [-0.4, -0.2) is 34.6 Å². The summed E-state index contributed by atoms with van der Waals surface area (Å²) in [7, 11) is 2.22. The van der Waals surface area contributed by atoms with E-state index in [0.29, 0.717) is 5.92 Å². The Morgan fingerprint density at radius 3 is 2.55 bits per heavy atom. The lowest BCUT2D eigenvalue weighted by molar-refractivity contribution is 0.248. The summed E-state index contributed by atoms with van der Waals surface area (Å²) in [4.78, 5) is 7.56. The molecule has 0 bridgehead atoms. The first kappa shape index (κ1) is 15.2. The Morgan fingerprint density at radius 2 is 1.82 bits per heavy atom. The van der Waals surface area contributed by atoms with Crippen molar-refractivity contribution in [3.05, 3.63) is 25.9 Å². The number of piperidine rings is 1. The van der Waals surface area contributed by atoms with Crippen LogP contribution in [0.25, 0.3) is 11.0 Å². The Hall–Kier alpha value is -0.390. The van der Waals surface area contributed by atoms with Gasteiger partial charge in [-0.05, 0) is 95.7 Å². The molecule has 118 valence electrons. The van der Waals surface area contributed by atoms with E-state index in [2.05, 4.69) is 55.3 Å². The number of hydrogen-bond acceptors (Lipinski definition) is 2. The molecule has 1 fully saturated rings. The van der Waals surface area contributed by atoms with Gasteiger partial charge in [-0.25, -0.2) is 4.98 Å². The quantitative estimate of drug-likeness (QED) is 0.662. The van der Waals surface area contributed by atoms with Crippen molar-refractivity contribution in [2.45, 2.75) is 45.1 Å². The van der Waals surface area contributed by atoms with Crippen LogP contribution < -0.4 is 0 Å². The molecule has 0 amide bonds. The van der Waals surface area contributed by atoms with E-state index in [1.807, 2.05) is 0 Å². The molecular weight excluding hydrogens is 406 g/mol. The highest BCUT2D eigenvalue weighted by Gasteiger charge is 2.29. The minimum Gasteiger partial charge on any atom is -0.327 e. The van der Waals surface area contributed by atoms with Gasteiger partial charge >= 0.3 is 0 Å². The van der Waals surface area contributed by atoms with Crippen molar-refractivity contribution in [3.63, 3.8) is 0 Å². The number of aryl methyl sites for hydroxylation is 3. The van der Waals surface area contributed by atoms with E-state index in [1.54, 1.807) is 0 Å². The van der Waals surface area contributed by atoms with Gasteiger partial charge in [0.15, 0.2) is 0 Å². The summed E-state index contributed by atoms with van der Waals surface area (Å²) >= 11 is 7.55. The molecule has 5 heteroatoms. The van der Waals surface area contributed by atoms with Crippen molar-refractivity contribution >= 4 is 42.9 Å². The fourth-order valence-corrected chi connectivity index (χ4v) is 5.10. The topological polar surface area (TPSA) is 21.1 Å². The maximum absolute atomic E-state index is 5.13. The summed E-state index contributed by atoms with van der Waals surface area (Å²) in [5, 5.41) is 0. The Balaban J connectivity index is 1.91. The van der Waals surface area contributed by atoms with E-state index in [9.17, 15) is 0 Å². The molecule has 2 aromatic rings. The van der Waals surface area contributed by atoms with Crippen LogP contribution in [0.5, 0.6) is 0 Å². The normalized spacial score (nSPS) is 20.0. The minimum absolute atomic E-state index is 0.617. The molecule has 1 saturated heterocycles. The fourth-order valence-electron chi connectivity index (χ4n) is 3.99. The average molecular weight is 427 g/mol.